The first kappa shape index (κ1) is 15.6. The van der Waals surface area contributed by atoms with Crippen LogP contribution in [0.5, 0.6) is 0 Å². The van der Waals surface area contributed by atoms with E-state index in [1.54, 1.807) is 18.0 Å². The number of hydrogen-bond acceptors (Lipinski definition) is 7. The number of nitrogens with zero attached hydrogens (tertiary/aromatic N) is 3. The molecule has 0 saturated carbocycles. The van der Waals surface area contributed by atoms with E-state index in [9.17, 15) is 8.42 Å². The van der Waals surface area contributed by atoms with Gasteiger partial charge in [-0.2, -0.15) is 0 Å². The fraction of sp³-hybridized carbons (Fsp3) is 0.636. The lowest BCUT2D eigenvalue weighted by molar-refractivity contribution is 0.601. The Morgan fingerprint density at radius 3 is 2.63 bits per heavy atom. The van der Waals surface area contributed by atoms with Gasteiger partial charge in [-0.15, -0.1) is 0 Å². The van der Waals surface area contributed by atoms with Crippen molar-refractivity contribution in [1.82, 2.24) is 9.97 Å². The zero-order valence-electron chi connectivity index (χ0n) is 11.5. The van der Waals surface area contributed by atoms with Gasteiger partial charge in [-0.05, 0) is 6.42 Å². The molecule has 0 aliphatic carbocycles. The summed E-state index contributed by atoms with van der Waals surface area (Å²) in [6.45, 7) is 2.42. The Morgan fingerprint density at radius 2 is 2.11 bits per heavy atom. The number of nitrogen functional groups attached to an aromatic ring is 1. The van der Waals surface area contributed by atoms with Crippen LogP contribution in [-0.2, 0) is 16.3 Å². The number of nitrogens with two attached hydrogens (primary N) is 1. The molecule has 0 unspecified atom stereocenters. The van der Waals surface area contributed by atoms with E-state index in [1.165, 1.54) is 6.26 Å². The summed E-state index contributed by atoms with van der Waals surface area (Å²) in [4.78, 5) is 10.4. The van der Waals surface area contributed by atoms with E-state index in [2.05, 4.69) is 15.4 Å². The first-order chi connectivity index (χ1) is 8.85. The summed E-state index contributed by atoms with van der Waals surface area (Å²) in [6.07, 6.45) is 2.90. The van der Waals surface area contributed by atoms with Crippen LogP contribution in [0.25, 0.3) is 0 Å². The van der Waals surface area contributed by atoms with Crippen molar-refractivity contribution in [2.45, 2.75) is 19.8 Å². The van der Waals surface area contributed by atoms with Crippen LogP contribution in [0.3, 0.4) is 0 Å². The Balaban J connectivity index is 2.88. The maximum Gasteiger partial charge on any atom is 0.149 e. The summed E-state index contributed by atoms with van der Waals surface area (Å²) >= 11 is 0. The van der Waals surface area contributed by atoms with Crippen LogP contribution in [0.15, 0.2) is 6.07 Å². The summed E-state index contributed by atoms with van der Waals surface area (Å²) in [5.74, 6) is 7.34. The molecule has 8 heteroatoms. The lowest BCUT2D eigenvalue weighted by atomic mass is 10.3. The zero-order chi connectivity index (χ0) is 14.5. The molecule has 108 valence electrons. The van der Waals surface area contributed by atoms with Crippen LogP contribution in [0.4, 0.5) is 11.6 Å². The van der Waals surface area contributed by atoms with Crippen molar-refractivity contribution in [2.24, 2.45) is 5.84 Å². The largest absolute Gasteiger partial charge is 0.358 e. The second kappa shape index (κ2) is 6.67. The topological polar surface area (TPSA) is 101 Å². The van der Waals surface area contributed by atoms with E-state index >= 15 is 0 Å². The van der Waals surface area contributed by atoms with Gasteiger partial charge in [0, 0.05) is 32.3 Å². The molecular formula is C11H21N5O2S. The quantitative estimate of drug-likeness (QED) is 0.545. The summed E-state index contributed by atoms with van der Waals surface area (Å²) < 4.78 is 22.3. The fourth-order valence-electron chi connectivity index (χ4n) is 1.51. The van der Waals surface area contributed by atoms with Crippen LogP contribution < -0.4 is 16.2 Å². The van der Waals surface area contributed by atoms with Gasteiger partial charge >= 0.3 is 0 Å². The van der Waals surface area contributed by atoms with Crippen molar-refractivity contribution in [1.29, 1.82) is 0 Å². The van der Waals surface area contributed by atoms with E-state index in [0.717, 1.165) is 12.8 Å². The number of aryl methyl sites for hydroxylation is 1. The third kappa shape index (κ3) is 5.39. The third-order valence-corrected chi connectivity index (χ3v) is 3.49. The summed E-state index contributed by atoms with van der Waals surface area (Å²) in [6, 6.07) is 1.70. The molecule has 0 aliphatic heterocycles. The molecule has 0 radical (unpaired) electrons. The minimum Gasteiger partial charge on any atom is -0.358 e. The van der Waals surface area contributed by atoms with Gasteiger partial charge in [0.25, 0.3) is 0 Å². The van der Waals surface area contributed by atoms with E-state index < -0.39 is 9.84 Å². The molecule has 1 aromatic heterocycles. The van der Waals surface area contributed by atoms with Gasteiger partial charge in [0.2, 0.25) is 0 Å². The minimum absolute atomic E-state index is 0.0853. The number of hydrogen-bond donors (Lipinski definition) is 2. The fourth-order valence-corrected chi connectivity index (χ4v) is 2.11. The predicted octanol–water partition coefficient (Wildman–Crippen LogP) is 0.196. The van der Waals surface area contributed by atoms with Crippen molar-refractivity contribution < 1.29 is 8.42 Å². The monoisotopic (exact) mass is 287 g/mol. The molecule has 0 fully saturated rings. The smallest absolute Gasteiger partial charge is 0.149 e. The second-order valence-corrected chi connectivity index (χ2v) is 6.73. The first-order valence-corrected chi connectivity index (χ1v) is 8.15. The highest BCUT2D eigenvalue weighted by molar-refractivity contribution is 7.90. The van der Waals surface area contributed by atoms with Gasteiger partial charge in [0.05, 0.1) is 5.75 Å². The van der Waals surface area contributed by atoms with Crippen LogP contribution in [-0.4, -0.2) is 44.0 Å². The molecule has 1 aromatic rings. The van der Waals surface area contributed by atoms with Gasteiger partial charge in [0.1, 0.15) is 27.3 Å². The lowest BCUT2D eigenvalue weighted by Gasteiger charge is -2.19. The Hall–Kier alpha value is -1.41. The van der Waals surface area contributed by atoms with E-state index in [1.807, 2.05) is 6.92 Å². The number of hydrazine groups is 1. The average Bonchev–Trinajstić information content (AvgIpc) is 2.35. The third-order valence-electron chi connectivity index (χ3n) is 2.57. The second-order valence-electron chi connectivity index (χ2n) is 4.47. The number of rotatable bonds is 7. The minimum atomic E-state index is -2.99. The van der Waals surface area contributed by atoms with E-state index in [4.69, 9.17) is 5.84 Å². The van der Waals surface area contributed by atoms with Crippen molar-refractivity contribution >= 4 is 21.5 Å². The van der Waals surface area contributed by atoms with Crippen LogP contribution in [0, 0.1) is 0 Å². The highest BCUT2D eigenvalue weighted by Crippen LogP contribution is 2.15. The van der Waals surface area contributed by atoms with Gasteiger partial charge in [-0.25, -0.2) is 24.2 Å². The predicted molar refractivity (Wildman–Crippen MR) is 76.8 cm³/mol. The molecule has 1 heterocycles. The molecule has 0 amide bonds. The van der Waals surface area contributed by atoms with Crippen molar-refractivity contribution in [2.75, 3.05) is 35.9 Å². The molecule has 0 aromatic carbocycles. The molecule has 7 nitrogen and oxygen atoms in total. The van der Waals surface area contributed by atoms with Crippen LogP contribution in [0.1, 0.15) is 19.2 Å². The summed E-state index contributed by atoms with van der Waals surface area (Å²) in [5, 5.41) is 0. The molecule has 0 bridgehead atoms. The maximum absolute atomic E-state index is 11.2. The summed E-state index contributed by atoms with van der Waals surface area (Å²) in [7, 11) is -1.19. The van der Waals surface area contributed by atoms with Gasteiger partial charge in [0.15, 0.2) is 0 Å². The number of anilines is 2. The highest BCUT2D eigenvalue weighted by Gasteiger charge is 2.10. The Kier molecular flexibility index (Phi) is 5.49. The molecule has 0 aliphatic rings. The average molecular weight is 287 g/mol. The maximum atomic E-state index is 11.2. The molecule has 0 spiro atoms. The standard InChI is InChI=1S/C11H21N5O2S/c1-4-5-9-13-10(15-12)8-11(14-9)16(2)6-7-19(3,17)18/h8H,4-7,12H2,1-3H3,(H,13,14,15). The number of sulfone groups is 1. The highest BCUT2D eigenvalue weighted by atomic mass is 32.2. The van der Waals surface area contributed by atoms with E-state index in [-0.39, 0.29) is 5.75 Å². The lowest BCUT2D eigenvalue weighted by Crippen LogP contribution is -2.26. The normalized spacial score (nSPS) is 11.4. The van der Waals surface area contributed by atoms with Gasteiger partial charge in [-0.1, -0.05) is 6.92 Å². The Labute approximate surface area is 114 Å². The van der Waals surface area contributed by atoms with Gasteiger partial charge in [-0.3, -0.25) is 0 Å². The Bertz CT molecular complexity index is 518. The van der Waals surface area contributed by atoms with Crippen molar-refractivity contribution in [3.05, 3.63) is 11.9 Å². The van der Waals surface area contributed by atoms with Crippen molar-refractivity contribution in [3.63, 3.8) is 0 Å². The van der Waals surface area contributed by atoms with Crippen molar-refractivity contribution in [3.8, 4) is 0 Å². The molecule has 0 saturated heterocycles. The number of nitrogens with one attached hydrogen (secondary N) is 1. The van der Waals surface area contributed by atoms with Gasteiger partial charge < -0.3 is 10.3 Å². The molecule has 1 rings (SSSR count). The Morgan fingerprint density at radius 1 is 1.42 bits per heavy atom. The van der Waals surface area contributed by atoms with Crippen LogP contribution in [0.2, 0.25) is 0 Å². The molecular weight excluding hydrogens is 266 g/mol. The number of aromatic nitrogens is 2. The first-order valence-electron chi connectivity index (χ1n) is 6.09. The summed E-state index contributed by atoms with van der Waals surface area (Å²) in [5.41, 5.74) is 2.50. The SMILES string of the molecule is CCCc1nc(NN)cc(N(C)CCS(C)(=O)=O)n1. The molecule has 0 atom stereocenters. The molecule has 3 N–H and O–H groups in total. The zero-order valence-corrected chi connectivity index (χ0v) is 12.4. The van der Waals surface area contributed by atoms with Crippen LogP contribution >= 0.6 is 0 Å². The molecule has 19 heavy (non-hydrogen) atoms. The van der Waals surface area contributed by atoms with E-state index in [0.29, 0.717) is 24.0 Å².